The van der Waals surface area contributed by atoms with Gasteiger partial charge in [-0.15, -0.1) is 0 Å². The summed E-state index contributed by atoms with van der Waals surface area (Å²) < 4.78 is 1.87. The van der Waals surface area contributed by atoms with Gasteiger partial charge in [-0.3, -0.25) is 9.59 Å². The third-order valence-electron chi connectivity index (χ3n) is 5.03. The molecule has 0 saturated carbocycles. The van der Waals surface area contributed by atoms with Crippen LogP contribution in [-0.4, -0.2) is 46.5 Å². The second-order valence-electron chi connectivity index (χ2n) is 6.99. The van der Waals surface area contributed by atoms with Gasteiger partial charge in [-0.25, -0.2) is 4.98 Å². The van der Waals surface area contributed by atoms with E-state index >= 15 is 0 Å². The molecule has 0 radical (unpaired) electrons. The predicted octanol–water partition coefficient (Wildman–Crippen LogP) is 2.33. The number of fused-ring (bicyclic) bond motifs is 1. The van der Waals surface area contributed by atoms with Gasteiger partial charge in [-0.2, -0.15) is 0 Å². The second-order valence-corrected chi connectivity index (χ2v) is 6.99. The molecular formula is C20H28N4O2. The van der Waals surface area contributed by atoms with Gasteiger partial charge in [-0.05, 0) is 64.9 Å². The van der Waals surface area contributed by atoms with Crippen molar-refractivity contribution in [2.75, 3.05) is 26.2 Å². The Morgan fingerprint density at radius 2 is 2.00 bits per heavy atom. The van der Waals surface area contributed by atoms with Crippen LogP contribution in [0.5, 0.6) is 0 Å². The third-order valence-corrected chi connectivity index (χ3v) is 5.03. The number of nitrogens with one attached hydrogen (secondary N) is 1. The van der Waals surface area contributed by atoms with E-state index < -0.39 is 0 Å². The minimum Gasteiger partial charge on any atom is -0.352 e. The molecule has 2 aromatic heterocycles. The molecule has 1 amide bonds. The van der Waals surface area contributed by atoms with Gasteiger partial charge >= 0.3 is 0 Å². The molecule has 1 aliphatic heterocycles. The first-order valence-corrected chi connectivity index (χ1v) is 9.61. The number of hydrogen-bond donors (Lipinski definition) is 1. The smallest absolute Gasteiger partial charge is 0.256 e. The quantitative estimate of drug-likeness (QED) is 0.807. The number of hydrogen-bond acceptors (Lipinski definition) is 4. The molecule has 6 heteroatoms. The summed E-state index contributed by atoms with van der Waals surface area (Å²) >= 11 is 0. The lowest BCUT2D eigenvalue weighted by Gasteiger charge is -2.26. The van der Waals surface area contributed by atoms with E-state index in [0.717, 1.165) is 31.7 Å². The zero-order chi connectivity index (χ0) is 18.5. The van der Waals surface area contributed by atoms with Crippen LogP contribution < -0.4 is 10.7 Å². The molecule has 0 bridgehead atoms. The lowest BCUT2D eigenvalue weighted by molar-refractivity contribution is 0.0949. The number of aryl methyl sites for hydroxylation is 2. The van der Waals surface area contributed by atoms with Crippen molar-refractivity contribution >= 4 is 16.9 Å². The Morgan fingerprint density at radius 1 is 1.23 bits per heavy atom. The lowest BCUT2D eigenvalue weighted by atomic mass is 10.1. The number of amides is 1. The number of rotatable bonds is 6. The van der Waals surface area contributed by atoms with E-state index in [0.29, 0.717) is 24.1 Å². The molecule has 0 unspecified atom stereocenters. The SMILES string of the molecule is CCn1cc(C(=O)NCCCN2CCCCC2)c(=O)c2ccc(C)nc21. The Labute approximate surface area is 154 Å². The van der Waals surface area contributed by atoms with Crippen LogP contribution in [0.1, 0.15) is 48.7 Å². The molecule has 3 heterocycles. The third kappa shape index (κ3) is 4.12. The van der Waals surface area contributed by atoms with Crippen LogP contribution in [0.4, 0.5) is 0 Å². The fraction of sp³-hybridized carbons (Fsp3) is 0.550. The molecule has 3 rings (SSSR count). The highest BCUT2D eigenvalue weighted by molar-refractivity contribution is 5.96. The summed E-state index contributed by atoms with van der Waals surface area (Å²) in [6.07, 6.45) is 6.41. The van der Waals surface area contributed by atoms with Gasteiger partial charge < -0.3 is 14.8 Å². The topological polar surface area (TPSA) is 67.2 Å². The average Bonchev–Trinajstić information content (AvgIpc) is 2.66. The number of carbonyl (C=O) groups is 1. The Bertz CT molecular complexity index is 838. The first-order chi connectivity index (χ1) is 12.6. The minimum atomic E-state index is -0.293. The monoisotopic (exact) mass is 356 g/mol. The van der Waals surface area contributed by atoms with Crippen molar-refractivity contribution in [2.24, 2.45) is 0 Å². The molecule has 0 atom stereocenters. The second kappa shape index (κ2) is 8.45. The van der Waals surface area contributed by atoms with E-state index in [1.165, 1.54) is 19.3 Å². The van der Waals surface area contributed by atoms with Crippen molar-refractivity contribution in [3.05, 3.63) is 39.8 Å². The summed E-state index contributed by atoms with van der Waals surface area (Å²) in [5.41, 5.74) is 1.45. The van der Waals surface area contributed by atoms with Crippen molar-refractivity contribution in [3.8, 4) is 0 Å². The first kappa shape index (κ1) is 18.6. The predicted molar refractivity (Wildman–Crippen MR) is 104 cm³/mol. The number of pyridine rings is 2. The molecule has 140 valence electrons. The van der Waals surface area contributed by atoms with Crippen molar-refractivity contribution < 1.29 is 4.79 Å². The van der Waals surface area contributed by atoms with E-state index in [1.54, 1.807) is 12.3 Å². The summed E-state index contributed by atoms with van der Waals surface area (Å²) in [4.78, 5) is 32.2. The van der Waals surface area contributed by atoms with Gasteiger partial charge in [0.15, 0.2) is 0 Å². The Hall–Kier alpha value is -2.21. The highest BCUT2D eigenvalue weighted by Crippen LogP contribution is 2.11. The molecule has 6 nitrogen and oxygen atoms in total. The molecule has 1 N–H and O–H groups in total. The lowest BCUT2D eigenvalue weighted by Crippen LogP contribution is -2.34. The van der Waals surface area contributed by atoms with E-state index in [-0.39, 0.29) is 16.9 Å². The maximum absolute atomic E-state index is 12.7. The van der Waals surface area contributed by atoms with Crippen molar-refractivity contribution in [1.82, 2.24) is 19.8 Å². The van der Waals surface area contributed by atoms with Crippen LogP contribution in [0.25, 0.3) is 11.0 Å². The minimum absolute atomic E-state index is 0.197. The van der Waals surface area contributed by atoms with Gasteiger partial charge in [-0.1, -0.05) is 6.42 Å². The number of nitrogens with zero attached hydrogens (tertiary/aromatic N) is 3. The van der Waals surface area contributed by atoms with E-state index in [2.05, 4.69) is 15.2 Å². The van der Waals surface area contributed by atoms with Gasteiger partial charge in [0, 0.05) is 25.0 Å². The van der Waals surface area contributed by atoms with Gasteiger partial charge in [0.05, 0.1) is 5.39 Å². The van der Waals surface area contributed by atoms with Crippen molar-refractivity contribution in [1.29, 1.82) is 0 Å². The van der Waals surface area contributed by atoms with Crippen LogP contribution in [0.15, 0.2) is 23.1 Å². The van der Waals surface area contributed by atoms with Gasteiger partial charge in [0.25, 0.3) is 5.91 Å². The number of aromatic nitrogens is 2. The Kier molecular flexibility index (Phi) is 6.04. The summed E-state index contributed by atoms with van der Waals surface area (Å²) in [6.45, 7) is 8.44. The molecule has 0 aromatic carbocycles. The van der Waals surface area contributed by atoms with E-state index in [9.17, 15) is 9.59 Å². The summed E-state index contributed by atoms with van der Waals surface area (Å²) in [5.74, 6) is -0.293. The Morgan fingerprint density at radius 3 is 2.73 bits per heavy atom. The molecular weight excluding hydrogens is 328 g/mol. The molecule has 0 spiro atoms. The fourth-order valence-electron chi connectivity index (χ4n) is 3.55. The van der Waals surface area contributed by atoms with E-state index in [4.69, 9.17) is 0 Å². The van der Waals surface area contributed by atoms with E-state index in [1.807, 2.05) is 24.5 Å². The van der Waals surface area contributed by atoms with Crippen LogP contribution in [0.3, 0.4) is 0 Å². The van der Waals surface area contributed by atoms with Crippen LogP contribution >= 0.6 is 0 Å². The van der Waals surface area contributed by atoms with Crippen molar-refractivity contribution in [2.45, 2.75) is 46.1 Å². The van der Waals surface area contributed by atoms with Crippen LogP contribution in [0.2, 0.25) is 0 Å². The maximum Gasteiger partial charge on any atom is 0.256 e. The maximum atomic E-state index is 12.7. The molecule has 2 aromatic rings. The van der Waals surface area contributed by atoms with Crippen LogP contribution in [0, 0.1) is 6.92 Å². The summed E-state index contributed by atoms with van der Waals surface area (Å²) in [6, 6.07) is 3.57. The average molecular weight is 356 g/mol. The molecule has 1 fully saturated rings. The van der Waals surface area contributed by atoms with Crippen LogP contribution in [-0.2, 0) is 6.54 Å². The Balaban J connectivity index is 1.68. The molecule has 1 saturated heterocycles. The molecule has 1 aliphatic rings. The normalized spacial score (nSPS) is 15.3. The van der Waals surface area contributed by atoms with Gasteiger partial charge in [0.2, 0.25) is 5.43 Å². The summed E-state index contributed by atoms with van der Waals surface area (Å²) in [5, 5.41) is 3.41. The zero-order valence-electron chi connectivity index (χ0n) is 15.8. The molecule has 0 aliphatic carbocycles. The fourth-order valence-corrected chi connectivity index (χ4v) is 3.55. The number of likely N-dealkylation sites (tertiary alicyclic amines) is 1. The first-order valence-electron chi connectivity index (χ1n) is 9.61. The number of carbonyl (C=O) groups excluding carboxylic acids is 1. The molecule has 26 heavy (non-hydrogen) atoms. The highest BCUT2D eigenvalue weighted by atomic mass is 16.2. The van der Waals surface area contributed by atoms with Crippen molar-refractivity contribution in [3.63, 3.8) is 0 Å². The highest BCUT2D eigenvalue weighted by Gasteiger charge is 2.16. The largest absolute Gasteiger partial charge is 0.352 e. The number of piperidine rings is 1. The zero-order valence-corrected chi connectivity index (χ0v) is 15.8. The standard InChI is InChI=1S/C20H28N4O2/c1-3-24-14-17(18(25)16-9-8-15(2)22-19(16)24)20(26)21-10-7-13-23-11-5-4-6-12-23/h8-9,14H,3-7,10-13H2,1-2H3,(H,21,26). The van der Waals surface area contributed by atoms with Gasteiger partial charge in [0.1, 0.15) is 11.2 Å². The summed E-state index contributed by atoms with van der Waals surface area (Å²) in [7, 11) is 0.